The Morgan fingerprint density at radius 1 is 0.436 bits per heavy atom. The zero-order chi connectivity index (χ0) is 39.4. The van der Waals surface area contributed by atoms with Crippen molar-refractivity contribution in [2.75, 3.05) is 18.1 Å². The van der Waals surface area contributed by atoms with Crippen molar-refractivity contribution in [3.8, 4) is 0 Å². The van der Waals surface area contributed by atoms with Crippen LogP contribution in [0.3, 0.4) is 0 Å². The maximum absolute atomic E-state index is 10.8. The molecule has 0 spiro atoms. The lowest BCUT2D eigenvalue weighted by Gasteiger charge is -2.23. The second kappa shape index (κ2) is 22.0. The molecule has 6 aromatic rings. The van der Waals surface area contributed by atoms with Crippen molar-refractivity contribution in [1.82, 2.24) is 9.80 Å². The normalized spacial score (nSPS) is 10.5. The van der Waals surface area contributed by atoms with Crippen LogP contribution in [0.2, 0.25) is 0 Å². The molecule has 0 aromatic heterocycles. The van der Waals surface area contributed by atoms with Crippen molar-refractivity contribution in [3.63, 3.8) is 0 Å². The lowest BCUT2D eigenvalue weighted by molar-refractivity contribution is -0.385. The molecule has 11 heteroatoms. The van der Waals surface area contributed by atoms with E-state index in [0.717, 1.165) is 47.7 Å². The molecule has 0 aliphatic heterocycles. The minimum absolute atomic E-state index is 0.0636. The Balaban J connectivity index is 0.000000231. The van der Waals surface area contributed by atoms with E-state index in [-0.39, 0.29) is 18.0 Å². The van der Waals surface area contributed by atoms with Crippen LogP contribution in [0.15, 0.2) is 158 Å². The second-order valence-electron chi connectivity index (χ2n) is 12.9. The summed E-state index contributed by atoms with van der Waals surface area (Å²) in [6.45, 7) is 6.47. The van der Waals surface area contributed by atoms with Crippen LogP contribution >= 0.6 is 0 Å². The molecule has 0 unspecified atom stereocenters. The van der Waals surface area contributed by atoms with Crippen LogP contribution in [0.1, 0.15) is 40.3 Å². The van der Waals surface area contributed by atoms with E-state index in [1.807, 2.05) is 60.7 Å². The number of non-ortho nitro benzene ring substituents is 2. The predicted octanol–water partition coefficient (Wildman–Crippen LogP) is 8.76. The Morgan fingerprint density at radius 2 is 0.655 bits per heavy atom. The van der Waals surface area contributed by atoms with Gasteiger partial charge in [-0.25, -0.2) is 0 Å². The highest BCUT2D eigenvalue weighted by molar-refractivity contribution is 5.40. The Bertz CT molecular complexity index is 1900. The highest BCUT2D eigenvalue weighted by Gasteiger charge is 2.12. The van der Waals surface area contributed by atoms with Crippen molar-refractivity contribution >= 4 is 22.7 Å². The van der Waals surface area contributed by atoms with E-state index in [9.17, 15) is 20.2 Å². The van der Waals surface area contributed by atoms with Crippen molar-refractivity contribution < 1.29 is 15.0 Å². The van der Waals surface area contributed by atoms with Crippen molar-refractivity contribution in [2.45, 2.75) is 46.2 Å². The summed E-state index contributed by atoms with van der Waals surface area (Å²) >= 11 is 0. The lowest BCUT2D eigenvalue weighted by atomic mass is 10.1. The average Bonchev–Trinajstić information content (AvgIpc) is 3.18. The van der Waals surface area contributed by atoms with Gasteiger partial charge in [0.15, 0.2) is 0 Å². The number of rotatable bonds is 14. The van der Waals surface area contributed by atoms with E-state index in [1.165, 1.54) is 41.0 Å². The van der Waals surface area contributed by atoms with E-state index < -0.39 is 9.85 Å². The summed E-state index contributed by atoms with van der Waals surface area (Å²) in [5.74, 6) is 0. The van der Waals surface area contributed by atoms with Gasteiger partial charge in [-0.3, -0.25) is 30.0 Å². The van der Waals surface area contributed by atoms with E-state index in [1.54, 1.807) is 31.2 Å². The number of benzene rings is 6. The minimum Gasteiger partial charge on any atom is -0.399 e. The molecule has 11 nitrogen and oxygen atoms in total. The molecular weight excluding hydrogens is 693 g/mol. The van der Waals surface area contributed by atoms with Crippen LogP contribution in [0.5, 0.6) is 0 Å². The minimum atomic E-state index is -0.414. The number of anilines is 2. The zero-order valence-corrected chi connectivity index (χ0v) is 31.0. The van der Waals surface area contributed by atoms with Crippen LogP contribution in [0.4, 0.5) is 22.7 Å². The summed E-state index contributed by atoms with van der Waals surface area (Å²) in [6, 6.07) is 49.8. The molecule has 6 aromatic carbocycles. The smallest absolute Gasteiger partial charge is 0.269 e. The van der Waals surface area contributed by atoms with Crippen LogP contribution in [-0.2, 0) is 39.3 Å². The molecule has 5 N–H and O–H groups in total. The molecule has 0 atom stereocenters. The Morgan fingerprint density at radius 3 is 0.891 bits per heavy atom. The Kier molecular flexibility index (Phi) is 16.5. The first-order chi connectivity index (χ1) is 26.6. The van der Waals surface area contributed by atoms with Gasteiger partial charge in [-0.1, -0.05) is 109 Å². The largest absolute Gasteiger partial charge is 0.399 e. The van der Waals surface area contributed by atoms with E-state index in [0.29, 0.717) is 19.6 Å². The van der Waals surface area contributed by atoms with E-state index >= 15 is 0 Å². The van der Waals surface area contributed by atoms with Crippen molar-refractivity contribution in [2.24, 2.45) is 0 Å². The third kappa shape index (κ3) is 14.9. The van der Waals surface area contributed by atoms with Gasteiger partial charge in [-0.05, 0) is 64.6 Å². The van der Waals surface area contributed by atoms with Gasteiger partial charge in [-0.2, -0.15) is 0 Å². The summed E-state index contributed by atoms with van der Waals surface area (Å²) in [6.07, 6.45) is 0. The van der Waals surface area contributed by atoms with Crippen LogP contribution in [0, 0.1) is 20.2 Å². The van der Waals surface area contributed by atoms with E-state index in [2.05, 4.69) is 58.3 Å². The lowest BCUT2D eigenvalue weighted by Crippen LogP contribution is -2.22. The second-order valence-corrected chi connectivity index (χ2v) is 12.9. The van der Waals surface area contributed by atoms with Crippen molar-refractivity contribution in [1.29, 1.82) is 0 Å². The topological polar surface area (TPSA) is 165 Å². The molecule has 0 bridgehead atoms. The molecule has 0 saturated heterocycles. The molecule has 0 saturated carbocycles. The third-order valence-electron chi connectivity index (χ3n) is 8.38. The number of hydrogen-bond acceptors (Lipinski definition) is 9. The Hall–Kier alpha value is -6.40. The number of nitrogens with two attached hydrogens (primary N) is 2. The summed E-state index contributed by atoms with van der Waals surface area (Å²) in [5, 5.41) is 29.2. The first-order valence-corrected chi connectivity index (χ1v) is 17.9. The fourth-order valence-electron chi connectivity index (χ4n) is 5.74. The van der Waals surface area contributed by atoms with Gasteiger partial charge in [0, 0.05) is 81.5 Å². The monoisotopic (exact) mass is 740 g/mol. The summed E-state index contributed by atoms with van der Waals surface area (Å²) in [4.78, 5) is 25.5. The highest BCUT2D eigenvalue weighted by atomic mass is 16.6. The number of aliphatic hydroxyl groups is 1. The highest BCUT2D eigenvalue weighted by Crippen LogP contribution is 2.20. The number of aliphatic hydroxyl groups excluding tert-OH is 1. The fraction of sp³-hybridized carbons (Fsp3) is 0.182. The molecule has 0 heterocycles. The molecule has 6 rings (SSSR count). The molecule has 55 heavy (non-hydrogen) atoms. The van der Waals surface area contributed by atoms with Crippen LogP contribution in [0.25, 0.3) is 0 Å². The van der Waals surface area contributed by atoms with E-state index in [4.69, 9.17) is 16.6 Å². The molecule has 0 aliphatic carbocycles. The van der Waals surface area contributed by atoms with Crippen LogP contribution < -0.4 is 11.5 Å². The molecule has 0 amide bonds. The van der Waals surface area contributed by atoms with Gasteiger partial charge in [0.2, 0.25) is 0 Å². The summed E-state index contributed by atoms with van der Waals surface area (Å²) in [7, 11) is 0. The summed E-state index contributed by atoms with van der Waals surface area (Å²) in [5.41, 5.74) is 20.2. The first-order valence-electron chi connectivity index (χ1n) is 17.9. The first kappa shape index (κ1) is 41.4. The quantitative estimate of drug-likeness (QED) is 0.0562. The zero-order valence-electron chi connectivity index (χ0n) is 31.0. The molecular formula is C44H48N6O5. The van der Waals surface area contributed by atoms with Gasteiger partial charge in [0.05, 0.1) is 9.85 Å². The van der Waals surface area contributed by atoms with Gasteiger partial charge >= 0.3 is 0 Å². The molecule has 284 valence electrons. The van der Waals surface area contributed by atoms with Gasteiger partial charge in [0.1, 0.15) is 0 Å². The maximum atomic E-state index is 10.8. The van der Waals surface area contributed by atoms with Gasteiger partial charge < -0.3 is 16.6 Å². The van der Waals surface area contributed by atoms with Crippen molar-refractivity contribution in [3.05, 3.63) is 211 Å². The van der Waals surface area contributed by atoms with Crippen LogP contribution in [-0.4, -0.2) is 31.4 Å². The average molecular weight is 741 g/mol. The maximum Gasteiger partial charge on any atom is 0.269 e. The third-order valence-corrected chi connectivity index (χ3v) is 8.38. The molecule has 0 radical (unpaired) electrons. The standard InChI is InChI=1S/C21H19N3O4.C21H23N3.C2H6O/c25-23(26)20-10-6-18(7-11-20)15-22(14-17-4-2-1-3-5-17)16-19-8-12-21(13-9-19)24(27)28;22-20-10-6-18(7-11-20)15-24(14-17-4-2-1-3-5-17)16-19-8-12-21(23)13-9-19;1-2-3/h1-13H,14-16H2;1-13H,14-16,22-23H2;3H,2H2,1H3. The Labute approximate surface area is 322 Å². The number of nitrogens with zero attached hydrogens (tertiary/aromatic N) is 4. The number of hydrogen-bond donors (Lipinski definition) is 3. The SMILES string of the molecule is CCO.Nc1ccc(CN(Cc2ccccc2)Cc2ccc(N)cc2)cc1.O=[N+]([O-])c1ccc(CN(Cc2ccccc2)Cc2ccc([N+](=O)[O-])cc2)cc1. The summed E-state index contributed by atoms with van der Waals surface area (Å²) < 4.78 is 0. The van der Waals surface area contributed by atoms with Gasteiger partial charge in [0.25, 0.3) is 11.4 Å². The molecule has 0 fully saturated rings. The molecule has 0 aliphatic rings. The number of nitrogen functional groups attached to an aromatic ring is 2. The fourth-order valence-corrected chi connectivity index (χ4v) is 5.74. The number of nitro benzene ring substituents is 2. The number of nitro groups is 2. The predicted molar refractivity (Wildman–Crippen MR) is 219 cm³/mol. The van der Waals surface area contributed by atoms with Gasteiger partial charge in [-0.15, -0.1) is 0 Å².